The number of ether oxygens (including phenoxy) is 1. The molecule has 2 N–H and O–H groups in total. The number of nitrogens with one attached hydrogen (secondary N) is 1. The third-order valence-electron chi connectivity index (χ3n) is 2.19. The third kappa shape index (κ3) is 4.65. The van der Waals surface area contributed by atoms with Crippen molar-refractivity contribution in [3.8, 4) is 0 Å². The van der Waals surface area contributed by atoms with Crippen molar-refractivity contribution >= 4 is 11.9 Å². The molecule has 0 aromatic heterocycles. The second kappa shape index (κ2) is 6.65. The average Bonchev–Trinajstić information content (AvgIpc) is 2.29. The molecule has 0 aliphatic heterocycles. The lowest BCUT2D eigenvalue weighted by molar-refractivity contribution is -0.137. The second-order valence-electron chi connectivity index (χ2n) is 3.56. The van der Waals surface area contributed by atoms with E-state index in [1.165, 1.54) is 7.11 Å². The number of rotatable bonds is 6. The minimum absolute atomic E-state index is 0.0804. The quantitative estimate of drug-likeness (QED) is 0.772. The molecule has 17 heavy (non-hydrogen) atoms. The summed E-state index contributed by atoms with van der Waals surface area (Å²) in [6.45, 7) is -0.0804. The van der Waals surface area contributed by atoms with Gasteiger partial charge in [0.15, 0.2) is 0 Å². The average molecular weight is 237 g/mol. The van der Waals surface area contributed by atoms with E-state index in [1.54, 1.807) is 24.3 Å². The standard InChI is InChI=1S/C12H15NO4/c1-17-8-11(14)13-10(7-12(15)16)9-5-3-2-4-6-9/h2-6,10H,7-8H2,1H3,(H,13,14)(H,15,16)/t10-/m0/s1. The Hall–Kier alpha value is -1.88. The Morgan fingerprint density at radius 3 is 2.53 bits per heavy atom. The van der Waals surface area contributed by atoms with Crippen LogP contribution in [0, 0.1) is 0 Å². The summed E-state index contributed by atoms with van der Waals surface area (Å²) in [4.78, 5) is 22.1. The molecule has 1 amide bonds. The molecule has 0 unspecified atom stereocenters. The zero-order valence-electron chi connectivity index (χ0n) is 9.55. The fraction of sp³-hybridized carbons (Fsp3) is 0.333. The number of carboxylic acids is 1. The number of amides is 1. The van der Waals surface area contributed by atoms with Crippen LogP contribution < -0.4 is 5.32 Å². The Labute approximate surface area is 99.4 Å². The van der Waals surface area contributed by atoms with E-state index in [0.29, 0.717) is 0 Å². The first kappa shape index (κ1) is 13.2. The van der Waals surface area contributed by atoms with Crippen LogP contribution in [0.25, 0.3) is 0 Å². The third-order valence-corrected chi connectivity index (χ3v) is 2.19. The lowest BCUT2D eigenvalue weighted by Crippen LogP contribution is -2.32. The molecule has 92 valence electrons. The van der Waals surface area contributed by atoms with Gasteiger partial charge in [-0.15, -0.1) is 0 Å². The molecule has 0 bridgehead atoms. The fourth-order valence-corrected chi connectivity index (χ4v) is 1.48. The predicted octanol–water partition coefficient (Wildman–Crippen LogP) is 0.965. The molecule has 0 spiro atoms. The van der Waals surface area contributed by atoms with Crippen LogP contribution in [-0.2, 0) is 14.3 Å². The maximum atomic E-state index is 11.4. The number of hydrogen-bond donors (Lipinski definition) is 2. The van der Waals surface area contributed by atoms with Crippen LogP contribution >= 0.6 is 0 Å². The van der Waals surface area contributed by atoms with Crippen molar-refractivity contribution in [2.45, 2.75) is 12.5 Å². The van der Waals surface area contributed by atoms with Gasteiger partial charge in [0, 0.05) is 7.11 Å². The summed E-state index contributed by atoms with van der Waals surface area (Å²) >= 11 is 0. The molecule has 0 radical (unpaired) electrons. The van der Waals surface area contributed by atoms with E-state index in [9.17, 15) is 9.59 Å². The summed E-state index contributed by atoms with van der Waals surface area (Å²) in [5, 5.41) is 11.4. The van der Waals surface area contributed by atoms with E-state index < -0.39 is 12.0 Å². The van der Waals surface area contributed by atoms with Gasteiger partial charge < -0.3 is 15.2 Å². The van der Waals surface area contributed by atoms with E-state index in [-0.39, 0.29) is 18.9 Å². The van der Waals surface area contributed by atoms with Gasteiger partial charge in [-0.05, 0) is 5.56 Å². The molecular formula is C12H15NO4. The van der Waals surface area contributed by atoms with E-state index in [1.807, 2.05) is 6.07 Å². The summed E-state index contributed by atoms with van der Waals surface area (Å²) in [6, 6.07) is 8.45. The molecule has 5 nitrogen and oxygen atoms in total. The molecule has 0 saturated heterocycles. The maximum Gasteiger partial charge on any atom is 0.305 e. The Morgan fingerprint density at radius 1 is 1.35 bits per heavy atom. The van der Waals surface area contributed by atoms with Gasteiger partial charge in [-0.3, -0.25) is 9.59 Å². The highest BCUT2D eigenvalue weighted by Crippen LogP contribution is 2.16. The highest BCUT2D eigenvalue weighted by Gasteiger charge is 2.17. The Balaban J connectivity index is 2.74. The van der Waals surface area contributed by atoms with E-state index in [0.717, 1.165) is 5.56 Å². The zero-order valence-corrected chi connectivity index (χ0v) is 9.55. The minimum Gasteiger partial charge on any atom is -0.481 e. The summed E-state index contributed by atoms with van der Waals surface area (Å²) in [7, 11) is 1.41. The minimum atomic E-state index is -0.962. The van der Waals surface area contributed by atoms with Gasteiger partial charge in [0.25, 0.3) is 0 Å². The maximum absolute atomic E-state index is 11.4. The Kier molecular flexibility index (Phi) is 5.16. The van der Waals surface area contributed by atoms with Crippen molar-refractivity contribution in [2.75, 3.05) is 13.7 Å². The molecule has 0 saturated carbocycles. The van der Waals surface area contributed by atoms with Crippen LogP contribution in [0.4, 0.5) is 0 Å². The number of carbonyl (C=O) groups excluding carboxylic acids is 1. The van der Waals surface area contributed by atoms with Crippen molar-refractivity contribution < 1.29 is 19.4 Å². The first-order valence-electron chi connectivity index (χ1n) is 5.18. The van der Waals surface area contributed by atoms with Crippen LogP contribution in [0.5, 0.6) is 0 Å². The number of carboxylic acid groups (broad SMARTS) is 1. The van der Waals surface area contributed by atoms with Crippen LogP contribution in [-0.4, -0.2) is 30.7 Å². The zero-order chi connectivity index (χ0) is 12.7. The van der Waals surface area contributed by atoms with Crippen LogP contribution in [0.3, 0.4) is 0 Å². The molecule has 1 aromatic rings. The number of benzene rings is 1. The van der Waals surface area contributed by atoms with Crippen LogP contribution in [0.15, 0.2) is 30.3 Å². The van der Waals surface area contributed by atoms with Crippen molar-refractivity contribution in [1.29, 1.82) is 0 Å². The van der Waals surface area contributed by atoms with Gasteiger partial charge in [-0.1, -0.05) is 30.3 Å². The number of aliphatic carboxylic acids is 1. The van der Waals surface area contributed by atoms with Gasteiger partial charge in [-0.25, -0.2) is 0 Å². The van der Waals surface area contributed by atoms with E-state index in [2.05, 4.69) is 10.1 Å². The Bertz CT molecular complexity index is 377. The molecule has 0 heterocycles. The molecular weight excluding hydrogens is 222 g/mol. The van der Waals surface area contributed by atoms with Gasteiger partial charge in [0.1, 0.15) is 6.61 Å². The topological polar surface area (TPSA) is 75.6 Å². The normalized spacial score (nSPS) is 11.8. The predicted molar refractivity (Wildman–Crippen MR) is 61.5 cm³/mol. The lowest BCUT2D eigenvalue weighted by Gasteiger charge is -2.17. The van der Waals surface area contributed by atoms with Crippen molar-refractivity contribution in [2.24, 2.45) is 0 Å². The number of carbonyl (C=O) groups is 2. The molecule has 1 aromatic carbocycles. The Morgan fingerprint density at radius 2 is 2.00 bits per heavy atom. The molecule has 0 aliphatic carbocycles. The van der Waals surface area contributed by atoms with E-state index in [4.69, 9.17) is 5.11 Å². The first-order chi connectivity index (χ1) is 8.13. The molecule has 1 rings (SSSR count). The fourth-order valence-electron chi connectivity index (χ4n) is 1.48. The van der Waals surface area contributed by atoms with Crippen molar-refractivity contribution in [3.63, 3.8) is 0 Å². The summed E-state index contributed by atoms with van der Waals surface area (Å²) in [6.07, 6.45) is -0.153. The molecule has 5 heteroatoms. The highest BCUT2D eigenvalue weighted by molar-refractivity contribution is 5.78. The summed E-state index contributed by atoms with van der Waals surface area (Å²) in [5.41, 5.74) is 0.763. The largest absolute Gasteiger partial charge is 0.481 e. The highest BCUT2D eigenvalue weighted by atomic mass is 16.5. The van der Waals surface area contributed by atoms with E-state index >= 15 is 0 Å². The smallest absolute Gasteiger partial charge is 0.305 e. The summed E-state index contributed by atoms with van der Waals surface area (Å²) < 4.78 is 4.69. The molecule has 1 atom stereocenters. The lowest BCUT2D eigenvalue weighted by atomic mass is 10.0. The van der Waals surface area contributed by atoms with Crippen LogP contribution in [0.1, 0.15) is 18.0 Å². The van der Waals surface area contributed by atoms with Gasteiger partial charge >= 0.3 is 5.97 Å². The number of hydrogen-bond acceptors (Lipinski definition) is 3. The van der Waals surface area contributed by atoms with Gasteiger partial charge in [0.05, 0.1) is 12.5 Å². The molecule has 0 aliphatic rings. The number of methoxy groups -OCH3 is 1. The second-order valence-corrected chi connectivity index (χ2v) is 3.56. The van der Waals surface area contributed by atoms with Gasteiger partial charge in [-0.2, -0.15) is 0 Å². The van der Waals surface area contributed by atoms with Crippen molar-refractivity contribution in [3.05, 3.63) is 35.9 Å². The van der Waals surface area contributed by atoms with Crippen molar-refractivity contribution in [1.82, 2.24) is 5.32 Å². The van der Waals surface area contributed by atoms with Gasteiger partial charge in [0.2, 0.25) is 5.91 Å². The van der Waals surface area contributed by atoms with Crippen LogP contribution in [0.2, 0.25) is 0 Å². The SMILES string of the molecule is COCC(=O)N[C@@H](CC(=O)O)c1ccccc1. The first-order valence-corrected chi connectivity index (χ1v) is 5.18. The monoisotopic (exact) mass is 237 g/mol. The molecule has 0 fully saturated rings. The summed E-state index contributed by atoms with van der Waals surface area (Å²) in [5.74, 6) is -1.29.